The monoisotopic (exact) mass is 289 g/mol. The molecule has 3 rings (SSSR count). The van der Waals surface area contributed by atoms with Gasteiger partial charge in [-0.1, -0.05) is 12.1 Å². The highest BCUT2D eigenvalue weighted by atomic mass is 16.5. The van der Waals surface area contributed by atoms with E-state index in [0.29, 0.717) is 30.5 Å². The maximum Gasteiger partial charge on any atom is 0.227 e. The van der Waals surface area contributed by atoms with Crippen molar-refractivity contribution in [2.75, 3.05) is 13.1 Å². The van der Waals surface area contributed by atoms with E-state index < -0.39 is 0 Å². The maximum absolute atomic E-state index is 12.2. The standard InChI is InChI=1S/C14H19N5O2/c1-2-12-16-13(21-18-12)3-4-14(20)19-8-6-10(9-19)11-5-7-15-17-11/h5,7,10H,2-4,6,8-9H2,1H3,(H,15,17)/t10-/m1/s1. The first-order valence-corrected chi connectivity index (χ1v) is 7.34. The normalized spacial score (nSPS) is 18.3. The predicted molar refractivity (Wildman–Crippen MR) is 74.5 cm³/mol. The van der Waals surface area contributed by atoms with Gasteiger partial charge in [0.05, 0.1) is 0 Å². The van der Waals surface area contributed by atoms with Crippen molar-refractivity contribution in [1.82, 2.24) is 25.2 Å². The Hall–Kier alpha value is -2.18. The number of aryl methyl sites for hydroxylation is 2. The van der Waals surface area contributed by atoms with E-state index >= 15 is 0 Å². The Kier molecular flexibility index (Phi) is 3.98. The number of hydrogen-bond donors (Lipinski definition) is 1. The summed E-state index contributed by atoms with van der Waals surface area (Å²) < 4.78 is 5.10. The minimum Gasteiger partial charge on any atom is -0.342 e. The van der Waals surface area contributed by atoms with Crippen LogP contribution >= 0.6 is 0 Å². The molecule has 0 bridgehead atoms. The van der Waals surface area contributed by atoms with Crippen LogP contribution in [0.25, 0.3) is 0 Å². The highest BCUT2D eigenvalue weighted by Crippen LogP contribution is 2.25. The van der Waals surface area contributed by atoms with E-state index in [9.17, 15) is 4.79 Å². The lowest BCUT2D eigenvalue weighted by molar-refractivity contribution is -0.130. The molecule has 0 aromatic carbocycles. The molecule has 112 valence electrons. The van der Waals surface area contributed by atoms with E-state index in [1.54, 1.807) is 6.20 Å². The summed E-state index contributed by atoms with van der Waals surface area (Å²) >= 11 is 0. The largest absolute Gasteiger partial charge is 0.342 e. The zero-order chi connectivity index (χ0) is 14.7. The number of amides is 1. The van der Waals surface area contributed by atoms with Crippen LogP contribution in [-0.2, 0) is 17.6 Å². The lowest BCUT2D eigenvalue weighted by atomic mass is 10.1. The molecule has 0 unspecified atom stereocenters. The number of aromatic nitrogens is 4. The number of nitrogens with one attached hydrogen (secondary N) is 1. The van der Waals surface area contributed by atoms with Crippen LogP contribution in [-0.4, -0.2) is 44.2 Å². The van der Waals surface area contributed by atoms with Crippen LogP contribution in [0.5, 0.6) is 0 Å². The number of hydrogen-bond acceptors (Lipinski definition) is 5. The van der Waals surface area contributed by atoms with Gasteiger partial charge in [0.2, 0.25) is 11.8 Å². The molecule has 1 amide bonds. The molecule has 1 aliphatic heterocycles. The second kappa shape index (κ2) is 6.07. The SMILES string of the molecule is CCc1noc(CCC(=O)N2CC[C@@H](c3ccn[nH]3)C2)n1. The Balaban J connectivity index is 1.50. The summed E-state index contributed by atoms with van der Waals surface area (Å²) in [5, 5.41) is 10.8. The molecule has 2 aromatic heterocycles. The summed E-state index contributed by atoms with van der Waals surface area (Å²) in [6.07, 6.45) is 4.41. The number of carbonyl (C=O) groups excluding carboxylic acids is 1. The van der Waals surface area contributed by atoms with Crippen molar-refractivity contribution in [3.05, 3.63) is 29.7 Å². The number of H-pyrrole nitrogens is 1. The van der Waals surface area contributed by atoms with Crippen LogP contribution in [0.15, 0.2) is 16.8 Å². The van der Waals surface area contributed by atoms with Crippen molar-refractivity contribution in [1.29, 1.82) is 0 Å². The van der Waals surface area contributed by atoms with Crippen LogP contribution in [0.1, 0.15) is 43.1 Å². The van der Waals surface area contributed by atoms with E-state index in [0.717, 1.165) is 31.6 Å². The maximum atomic E-state index is 12.2. The van der Waals surface area contributed by atoms with Crippen LogP contribution < -0.4 is 0 Å². The number of rotatable bonds is 5. The molecule has 1 fully saturated rings. The van der Waals surface area contributed by atoms with Gasteiger partial charge in [-0.25, -0.2) is 0 Å². The molecule has 0 radical (unpaired) electrons. The lowest BCUT2D eigenvalue weighted by Crippen LogP contribution is -2.28. The summed E-state index contributed by atoms with van der Waals surface area (Å²) in [6, 6.07) is 1.98. The molecule has 7 nitrogen and oxygen atoms in total. The van der Waals surface area contributed by atoms with Crippen molar-refractivity contribution >= 4 is 5.91 Å². The van der Waals surface area contributed by atoms with Crippen molar-refractivity contribution in [2.24, 2.45) is 0 Å². The Labute approximate surface area is 122 Å². The Morgan fingerprint density at radius 2 is 2.48 bits per heavy atom. The van der Waals surface area contributed by atoms with Crippen molar-refractivity contribution < 1.29 is 9.32 Å². The van der Waals surface area contributed by atoms with Crippen molar-refractivity contribution in [3.8, 4) is 0 Å². The third-order valence-corrected chi connectivity index (χ3v) is 3.88. The average Bonchev–Trinajstić information content (AvgIpc) is 3.24. The minimum absolute atomic E-state index is 0.147. The summed E-state index contributed by atoms with van der Waals surface area (Å²) in [7, 11) is 0. The molecule has 1 saturated heterocycles. The fraction of sp³-hybridized carbons (Fsp3) is 0.571. The van der Waals surface area contributed by atoms with E-state index in [-0.39, 0.29) is 5.91 Å². The zero-order valence-electron chi connectivity index (χ0n) is 12.1. The Morgan fingerprint density at radius 3 is 3.19 bits per heavy atom. The minimum atomic E-state index is 0.147. The van der Waals surface area contributed by atoms with Crippen molar-refractivity contribution in [2.45, 2.75) is 38.5 Å². The fourth-order valence-corrected chi connectivity index (χ4v) is 2.64. The molecule has 1 aliphatic rings. The van der Waals surface area contributed by atoms with Crippen LogP contribution in [0.4, 0.5) is 0 Å². The Morgan fingerprint density at radius 1 is 1.57 bits per heavy atom. The molecule has 2 aromatic rings. The smallest absolute Gasteiger partial charge is 0.227 e. The molecule has 0 saturated carbocycles. The summed E-state index contributed by atoms with van der Waals surface area (Å²) in [5.41, 5.74) is 1.11. The number of nitrogens with zero attached hydrogens (tertiary/aromatic N) is 4. The number of aromatic amines is 1. The first-order chi connectivity index (χ1) is 10.3. The topological polar surface area (TPSA) is 87.9 Å². The van der Waals surface area contributed by atoms with Gasteiger partial charge in [-0.15, -0.1) is 0 Å². The van der Waals surface area contributed by atoms with E-state index in [1.807, 2.05) is 17.9 Å². The molecule has 21 heavy (non-hydrogen) atoms. The molecular weight excluding hydrogens is 270 g/mol. The van der Waals surface area contributed by atoms with Crippen LogP contribution in [0.2, 0.25) is 0 Å². The third-order valence-electron chi connectivity index (χ3n) is 3.88. The van der Waals surface area contributed by atoms with Gasteiger partial charge in [0.25, 0.3) is 0 Å². The summed E-state index contributed by atoms with van der Waals surface area (Å²) in [5.74, 6) is 1.75. The highest BCUT2D eigenvalue weighted by molar-refractivity contribution is 5.76. The van der Waals surface area contributed by atoms with Gasteiger partial charge in [0, 0.05) is 50.2 Å². The fourth-order valence-electron chi connectivity index (χ4n) is 2.64. The quantitative estimate of drug-likeness (QED) is 0.896. The van der Waals surface area contributed by atoms with Gasteiger partial charge in [-0.3, -0.25) is 9.89 Å². The van der Waals surface area contributed by atoms with E-state index in [1.165, 1.54) is 0 Å². The predicted octanol–water partition coefficient (Wildman–Crippen LogP) is 1.30. The van der Waals surface area contributed by atoms with Gasteiger partial charge in [0.1, 0.15) is 0 Å². The van der Waals surface area contributed by atoms with Crippen molar-refractivity contribution in [3.63, 3.8) is 0 Å². The lowest BCUT2D eigenvalue weighted by Gasteiger charge is -2.15. The van der Waals surface area contributed by atoms with Gasteiger partial charge >= 0.3 is 0 Å². The molecule has 1 atom stereocenters. The number of carbonyl (C=O) groups is 1. The summed E-state index contributed by atoms with van der Waals surface area (Å²) in [6.45, 7) is 3.53. The van der Waals surface area contributed by atoms with Gasteiger partial charge in [-0.2, -0.15) is 10.1 Å². The van der Waals surface area contributed by atoms with E-state index in [2.05, 4.69) is 20.3 Å². The highest BCUT2D eigenvalue weighted by Gasteiger charge is 2.28. The Bertz CT molecular complexity index is 592. The molecule has 1 N–H and O–H groups in total. The molecule has 7 heteroatoms. The van der Waals surface area contributed by atoms with Gasteiger partial charge < -0.3 is 9.42 Å². The molecule has 3 heterocycles. The first-order valence-electron chi connectivity index (χ1n) is 7.34. The zero-order valence-corrected chi connectivity index (χ0v) is 12.1. The first kappa shape index (κ1) is 13.8. The van der Waals surface area contributed by atoms with Crippen LogP contribution in [0.3, 0.4) is 0 Å². The second-order valence-electron chi connectivity index (χ2n) is 5.30. The molecule has 0 aliphatic carbocycles. The second-order valence-corrected chi connectivity index (χ2v) is 5.30. The van der Waals surface area contributed by atoms with Gasteiger partial charge in [-0.05, 0) is 12.5 Å². The molecular formula is C14H19N5O2. The van der Waals surface area contributed by atoms with E-state index in [4.69, 9.17) is 4.52 Å². The molecule has 0 spiro atoms. The number of likely N-dealkylation sites (tertiary alicyclic amines) is 1. The van der Waals surface area contributed by atoms with Gasteiger partial charge in [0.15, 0.2) is 5.82 Å². The summed E-state index contributed by atoms with van der Waals surface area (Å²) in [4.78, 5) is 18.3. The van der Waals surface area contributed by atoms with Crippen LogP contribution in [0, 0.1) is 0 Å². The average molecular weight is 289 g/mol. The third kappa shape index (κ3) is 3.12.